The van der Waals surface area contributed by atoms with Gasteiger partial charge in [-0.1, -0.05) is 102 Å². The summed E-state index contributed by atoms with van der Waals surface area (Å²) >= 11 is 0. The van der Waals surface area contributed by atoms with E-state index in [0.717, 1.165) is 41.8 Å². The lowest BCUT2D eigenvalue weighted by atomic mass is 10.1. The van der Waals surface area contributed by atoms with Crippen LogP contribution in [0.1, 0.15) is 95.4 Å². The zero-order valence-electron chi connectivity index (χ0n) is 27.0. The Morgan fingerprint density at radius 2 is 1.51 bits per heavy atom. The molecule has 1 aromatic heterocycles. The van der Waals surface area contributed by atoms with Gasteiger partial charge in [-0.15, -0.1) is 0 Å². The van der Waals surface area contributed by atoms with E-state index in [4.69, 9.17) is 4.74 Å². The Labute approximate surface area is 260 Å². The lowest BCUT2D eigenvalue weighted by molar-refractivity contribution is -0.141. The summed E-state index contributed by atoms with van der Waals surface area (Å²) < 4.78 is 7.60. The highest BCUT2D eigenvalue weighted by Crippen LogP contribution is 2.18. The molecule has 0 fully saturated rings. The first-order valence-electron chi connectivity index (χ1n) is 16.3. The van der Waals surface area contributed by atoms with Crippen LogP contribution in [0.4, 0.5) is 0 Å². The van der Waals surface area contributed by atoms with E-state index in [9.17, 15) is 9.59 Å². The molecule has 0 spiro atoms. The van der Waals surface area contributed by atoms with Gasteiger partial charge in [0.05, 0.1) is 20.2 Å². The Bertz CT molecular complexity index is 1220. The van der Waals surface area contributed by atoms with Crippen LogP contribution in [0.25, 0.3) is 0 Å². The van der Waals surface area contributed by atoms with Gasteiger partial charge in [-0.25, -0.2) is 0 Å². The summed E-state index contributed by atoms with van der Waals surface area (Å²) in [5.41, 5.74) is 3.26. The highest BCUT2D eigenvalue weighted by Gasteiger charge is 2.23. The van der Waals surface area contributed by atoms with Crippen molar-refractivity contribution in [3.8, 4) is 5.75 Å². The SMILES string of the molecule is CCCCCCCCCC(=O)N(CCC(C)C)CC(=O)N(Cc1ccccc1)Cc1cccn1Cc1cccc(OC)c1. The van der Waals surface area contributed by atoms with Crippen molar-refractivity contribution in [2.75, 3.05) is 20.2 Å². The molecule has 0 radical (unpaired) electrons. The molecular weight excluding hydrogens is 534 g/mol. The van der Waals surface area contributed by atoms with E-state index in [1.165, 1.54) is 32.1 Å². The maximum atomic E-state index is 14.0. The lowest BCUT2D eigenvalue weighted by Crippen LogP contribution is -2.43. The van der Waals surface area contributed by atoms with Crippen molar-refractivity contribution in [3.05, 3.63) is 89.7 Å². The molecule has 3 aromatic rings. The first-order valence-corrected chi connectivity index (χ1v) is 16.3. The number of carbonyl (C=O) groups excluding carboxylic acids is 2. The van der Waals surface area contributed by atoms with Crippen molar-refractivity contribution in [3.63, 3.8) is 0 Å². The number of unbranched alkanes of at least 4 members (excludes halogenated alkanes) is 6. The van der Waals surface area contributed by atoms with Crippen LogP contribution in [-0.4, -0.2) is 46.4 Å². The number of aromatic nitrogens is 1. The van der Waals surface area contributed by atoms with E-state index < -0.39 is 0 Å². The minimum absolute atomic E-state index is 0.0188. The maximum Gasteiger partial charge on any atom is 0.242 e. The number of carbonyl (C=O) groups is 2. The normalized spacial score (nSPS) is 11.1. The van der Waals surface area contributed by atoms with Gasteiger partial charge in [0.15, 0.2) is 0 Å². The van der Waals surface area contributed by atoms with Crippen LogP contribution < -0.4 is 4.74 Å². The zero-order valence-corrected chi connectivity index (χ0v) is 27.0. The summed E-state index contributed by atoms with van der Waals surface area (Å²) in [6.45, 7) is 8.94. The third kappa shape index (κ3) is 12.3. The van der Waals surface area contributed by atoms with Gasteiger partial charge in [0, 0.05) is 37.9 Å². The second kappa shape index (κ2) is 18.9. The number of hydrogen-bond donors (Lipinski definition) is 0. The summed E-state index contributed by atoms with van der Waals surface area (Å²) in [5.74, 6) is 1.37. The largest absolute Gasteiger partial charge is 0.497 e. The van der Waals surface area contributed by atoms with Crippen molar-refractivity contribution >= 4 is 11.8 Å². The fourth-order valence-corrected chi connectivity index (χ4v) is 5.31. The average Bonchev–Trinajstić information content (AvgIpc) is 3.44. The second-order valence-corrected chi connectivity index (χ2v) is 12.1. The Morgan fingerprint density at radius 3 is 2.23 bits per heavy atom. The standard InChI is InChI=1S/C37H53N3O3/c1-5-6-7-8-9-10-14-22-36(41)39(25-23-31(2)3)30-37(42)40(27-32-17-12-11-13-18-32)29-34-20-16-24-38(34)28-33-19-15-21-35(26-33)43-4/h11-13,15-21,24,26,31H,5-10,14,22-23,25,27-30H2,1-4H3. The molecule has 234 valence electrons. The lowest BCUT2D eigenvalue weighted by Gasteiger charge is -2.29. The number of hydrogen-bond acceptors (Lipinski definition) is 3. The molecule has 0 N–H and O–H groups in total. The van der Waals surface area contributed by atoms with Crippen molar-refractivity contribution < 1.29 is 14.3 Å². The van der Waals surface area contributed by atoms with Crippen molar-refractivity contribution in [1.82, 2.24) is 14.4 Å². The molecule has 0 aliphatic carbocycles. The van der Waals surface area contributed by atoms with Crippen molar-refractivity contribution in [2.45, 2.75) is 98.2 Å². The van der Waals surface area contributed by atoms with Gasteiger partial charge in [0.25, 0.3) is 0 Å². The Hall–Kier alpha value is -3.54. The summed E-state index contributed by atoms with van der Waals surface area (Å²) in [5, 5.41) is 0. The van der Waals surface area contributed by atoms with Gasteiger partial charge < -0.3 is 19.1 Å². The van der Waals surface area contributed by atoms with Crippen LogP contribution in [0.5, 0.6) is 5.75 Å². The second-order valence-electron chi connectivity index (χ2n) is 12.1. The first-order chi connectivity index (χ1) is 20.9. The van der Waals surface area contributed by atoms with Gasteiger partial charge in [-0.05, 0) is 54.2 Å². The zero-order chi connectivity index (χ0) is 30.9. The van der Waals surface area contributed by atoms with Crippen LogP contribution in [0.15, 0.2) is 72.9 Å². The molecule has 6 nitrogen and oxygen atoms in total. The van der Waals surface area contributed by atoms with E-state index in [-0.39, 0.29) is 18.4 Å². The van der Waals surface area contributed by atoms with E-state index >= 15 is 0 Å². The minimum Gasteiger partial charge on any atom is -0.497 e. The number of methoxy groups -OCH3 is 1. The number of rotatable bonds is 20. The number of nitrogens with zero attached hydrogens (tertiary/aromatic N) is 3. The molecule has 0 saturated heterocycles. The van der Waals surface area contributed by atoms with Crippen LogP contribution in [0, 0.1) is 5.92 Å². The van der Waals surface area contributed by atoms with E-state index in [1.807, 2.05) is 52.3 Å². The van der Waals surface area contributed by atoms with Crippen molar-refractivity contribution in [2.24, 2.45) is 5.92 Å². The van der Waals surface area contributed by atoms with Gasteiger partial charge in [0.1, 0.15) is 5.75 Å². The molecule has 43 heavy (non-hydrogen) atoms. The van der Waals surface area contributed by atoms with Gasteiger partial charge in [-0.2, -0.15) is 0 Å². The van der Waals surface area contributed by atoms with Crippen LogP contribution >= 0.6 is 0 Å². The molecule has 0 unspecified atom stereocenters. The van der Waals surface area contributed by atoms with Gasteiger partial charge >= 0.3 is 0 Å². The highest BCUT2D eigenvalue weighted by atomic mass is 16.5. The maximum absolute atomic E-state index is 14.0. The molecule has 3 rings (SSSR count). The Kier molecular flexibility index (Phi) is 14.9. The molecule has 6 heteroatoms. The van der Waals surface area contributed by atoms with Gasteiger partial charge in [-0.3, -0.25) is 9.59 Å². The van der Waals surface area contributed by atoms with E-state index in [2.05, 4.69) is 55.8 Å². The number of ether oxygens (including phenoxy) is 1. The smallest absolute Gasteiger partial charge is 0.242 e. The summed E-state index contributed by atoms with van der Waals surface area (Å²) in [6.07, 6.45) is 11.7. The van der Waals surface area contributed by atoms with Crippen LogP contribution in [0.2, 0.25) is 0 Å². The first kappa shape index (κ1) is 34.0. The van der Waals surface area contributed by atoms with Crippen LogP contribution in [-0.2, 0) is 29.2 Å². The monoisotopic (exact) mass is 587 g/mol. The highest BCUT2D eigenvalue weighted by molar-refractivity contribution is 5.84. The molecule has 1 heterocycles. The van der Waals surface area contributed by atoms with Crippen molar-refractivity contribution in [1.29, 1.82) is 0 Å². The Balaban J connectivity index is 1.71. The van der Waals surface area contributed by atoms with Crippen LogP contribution in [0.3, 0.4) is 0 Å². The predicted octanol–water partition coefficient (Wildman–Crippen LogP) is 8.09. The fraction of sp³-hybridized carbons (Fsp3) is 0.514. The van der Waals surface area contributed by atoms with Gasteiger partial charge in [0.2, 0.25) is 11.8 Å². The third-order valence-electron chi connectivity index (χ3n) is 7.98. The molecule has 0 bridgehead atoms. The van der Waals surface area contributed by atoms with E-state index in [0.29, 0.717) is 38.5 Å². The quantitative estimate of drug-likeness (QED) is 0.126. The number of amides is 2. The molecule has 0 aliphatic heterocycles. The molecule has 2 aromatic carbocycles. The molecular formula is C37H53N3O3. The molecule has 0 aliphatic rings. The average molecular weight is 588 g/mol. The molecule has 0 saturated carbocycles. The fourth-order valence-electron chi connectivity index (χ4n) is 5.31. The topological polar surface area (TPSA) is 54.8 Å². The Morgan fingerprint density at radius 1 is 0.791 bits per heavy atom. The molecule has 0 atom stereocenters. The third-order valence-corrected chi connectivity index (χ3v) is 7.98. The predicted molar refractivity (Wildman–Crippen MR) is 176 cm³/mol. The minimum atomic E-state index is -0.0188. The summed E-state index contributed by atoms with van der Waals surface area (Å²) in [4.78, 5) is 31.1. The summed E-state index contributed by atoms with van der Waals surface area (Å²) in [7, 11) is 1.68. The summed E-state index contributed by atoms with van der Waals surface area (Å²) in [6, 6.07) is 22.3. The van der Waals surface area contributed by atoms with E-state index in [1.54, 1.807) is 7.11 Å². The number of benzene rings is 2. The molecule has 2 amide bonds.